The molecule has 13 heteroatoms. The molecule has 214 valence electrons. The molecule has 0 aliphatic carbocycles. The predicted octanol–water partition coefficient (Wildman–Crippen LogP) is 4.23. The van der Waals surface area contributed by atoms with E-state index in [4.69, 9.17) is 0 Å². The normalized spacial score (nSPS) is 10.8. The zero-order chi connectivity index (χ0) is 30.0. The summed E-state index contributed by atoms with van der Waals surface area (Å²) in [4.78, 5) is 32.4. The van der Waals surface area contributed by atoms with E-state index in [2.05, 4.69) is 36.1 Å². The molecule has 0 radical (unpaired) electrons. The number of carbonyl (C=O) groups is 2. The molecule has 1 amide bonds. The van der Waals surface area contributed by atoms with Crippen LogP contribution in [0.5, 0.6) is 0 Å². The molecule has 0 unspecified atom stereocenters. The van der Waals surface area contributed by atoms with Gasteiger partial charge in [0.15, 0.2) is 12.0 Å². The number of halogens is 3. The molecule has 3 heterocycles. The fourth-order valence-electron chi connectivity index (χ4n) is 3.62. The highest BCUT2D eigenvalue weighted by Crippen LogP contribution is 2.32. The van der Waals surface area contributed by atoms with E-state index >= 15 is 0 Å². The van der Waals surface area contributed by atoms with Gasteiger partial charge in [-0.1, -0.05) is 6.07 Å². The average molecular weight is 568 g/mol. The monoisotopic (exact) mass is 567 g/mol. The van der Waals surface area contributed by atoms with Crippen molar-refractivity contribution in [2.45, 2.75) is 13.1 Å². The number of pyridine rings is 2. The fraction of sp³-hybridized carbons (Fsp3) is 0.214. The number of nitrogens with one attached hydrogen (secondary N) is 3. The van der Waals surface area contributed by atoms with Crippen molar-refractivity contribution in [3.8, 4) is 22.4 Å². The minimum Gasteiger partial charge on any atom is -0.395 e. The Balaban J connectivity index is 0.00000147. The maximum absolute atomic E-state index is 13.0. The Morgan fingerprint density at radius 1 is 1.05 bits per heavy atom. The maximum Gasteiger partial charge on any atom is 0.418 e. The summed E-state index contributed by atoms with van der Waals surface area (Å²) in [7, 11) is 3.75. The minimum atomic E-state index is -4.66. The number of carbonyl (C=O) groups excluding carboxylic acids is 2. The highest BCUT2D eigenvalue weighted by molar-refractivity contribution is 6.03. The summed E-state index contributed by atoms with van der Waals surface area (Å²) in [5.74, 6) is -0.388. The molecule has 1 aromatic carbocycles. The first-order chi connectivity index (χ1) is 19.6. The highest BCUT2D eigenvalue weighted by Gasteiger charge is 2.32. The molecule has 4 rings (SSSR count). The lowest BCUT2D eigenvalue weighted by molar-refractivity contribution is -0.137. The van der Waals surface area contributed by atoms with Gasteiger partial charge < -0.3 is 21.1 Å². The Hall–Kier alpha value is -4.75. The second-order valence-corrected chi connectivity index (χ2v) is 8.67. The van der Waals surface area contributed by atoms with Crippen LogP contribution in [0.2, 0.25) is 0 Å². The van der Waals surface area contributed by atoms with Gasteiger partial charge in [0, 0.05) is 24.0 Å². The Morgan fingerprint density at radius 2 is 1.80 bits per heavy atom. The SMILES string of the molecule is CNC.Cc1ccc(NC(=O)c2cc(C(F)(F)F)cnn2)cc1-c1cc(NCCO)nc(-c2ccnc(C=O)c2)c1. The Labute approximate surface area is 234 Å². The number of anilines is 2. The highest BCUT2D eigenvalue weighted by atomic mass is 19.4. The number of benzene rings is 1. The van der Waals surface area contributed by atoms with Crippen molar-refractivity contribution in [1.82, 2.24) is 25.5 Å². The Morgan fingerprint density at radius 3 is 2.49 bits per heavy atom. The van der Waals surface area contributed by atoms with Gasteiger partial charge in [0.2, 0.25) is 0 Å². The van der Waals surface area contributed by atoms with Crippen molar-refractivity contribution in [3.63, 3.8) is 0 Å². The van der Waals surface area contributed by atoms with Gasteiger partial charge in [0.25, 0.3) is 5.91 Å². The Bertz CT molecular complexity index is 1510. The summed E-state index contributed by atoms with van der Waals surface area (Å²) in [6, 6.07) is 12.5. The van der Waals surface area contributed by atoms with Crippen LogP contribution < -0.4 is 16.0 Å². The van der Waals surface area contributed by atoms with Crippen LogP contribution in [-0.2, 0) is 6.18 Å². The lowest BCUT2D eigenvalue weighted by Crippen LogP contribution is -2.16. The molecule has 4 aromatic rings. The molecule has 0 aliphatic heterocycles. The summed E-state index contributed by atoms with van der Waals surface area (Å²) >= 11 is 0. The lowest BCUT2D eigenvalue weighted by Gasteiger charge is -2.14. The molecule has 10 nitrogen and oxygen atoms in total. The third-order valence-corrected chi connectivity index (χ3v) is 5.46. The third kappa shape index (κ3) is 8.37. The predicted molar refractivity (Wildman–Crippen MR) is 149 cm³/mol. The van der Waals surface area contributed by atoms with Gasteiger partial charge in [-0.15, -0.1) is 5.10 Å². The van der Waals surface area contributed by atoms with Gasteiger partial charge in [-0.3, -0.25) is 14.6 Å². The number of amides is 1. The van der Waals surface area contributed by atoms with E-state index in [1.165, 1.54) is 6.20 Å². The summed E-state index contributed by atoms with van der Waals surface area (Å²) in [5, 5.41) is 24.4. The van der Waals surface area contributed by atoms with Crippen LogP contribution in [0, 0.1) is 6.92 Å². The van der Waals surface area contributed by atoms with Crippen LogP contribution >= 0.6 is 0 Å². The van der Waals surface area contributed by atoms with Crippen LogP contribution in [0.4, 0.5) is 24.7 Å². The molecule has 3 aromatic heterocycles. The number of alkyl halides is 3. The van der Waals surface area contributed by atoms with Crippen LogP contribution in [0.25, 0.3) is 22.4 Å². The van der Waals surface area contributed by atoms with Crippen LogP contribution in [-0.4, -0.2) is 64.7 Å². The molecule has 0 fully saturated rings. The average Bonchev–Trinajstić information content (AvgIpc) is 2.97. The van der Waals surface area contributed by atoms with Crippen LogP contribution in [0.3, 0.4) is 0 Å². The van der Waals surface area contributed by atoms with E-state index in [0.29, 0.717) is 52.4 Å². The largest absolute Gasteiger partial charge is 0.418 e. The molecular formula is C28H28F3N7O3. The Kier molecular flexibility index (Phi) is 10.6. The molecule has 41 heavy (non-hydrogen) atoms. The summed E-state index contributed by atoms with van der Waals surface area (Å²) in [6.07, 6.45) is -2.00. The summed E-state index contributed by atoms with van der Waals surface area (Å²) < 4.78 is 39.0. The van der Waals surface area contributed by atoms with Crippen molar-refractivity contribution in [2.75, 3.05) is 37.9 Å². The number of aromatic nitrogens is 4. The molecule has 0 bridgehead atoms. The van der Waals surface area contributed by atoms with Crippen molar-refractivity contribution in [1.29, 1.82) is 0 Å². The molecule has 4 N–H and O–H groups in total. The van der Waals surface area contributed by atoms with Gasteiger partial charge in [-0.25, -0.2) is 4.98 Å². The maximum atomic E-state index is 13.0. The van der Waals surface area contributed by atoms with E-state index in [1.54, 1.807) is 42.5 Å². The third-order valence-electron chi connectivity index (χ3n) is 5.46. The van der Waals surface area contributed by atoms with Crippen molar-refractivity contribution >= 4 is 23.7 Å². The molecule has 0 aliphatic rings. The fourth-order valence-corrected chi connectivity index (χ4v) is 3.62. The number of aldehydes is 1. The van der Waals surface area contributed by atoms with Gasteiger partial charge in [0.05, 0.1) is 24.1 Å². The van der Waals surface area contributed by atoms with Crippen molar-refractivity contribution in [3.05, 3.63) is 83.4 Å². The molecule has 0 saturated heterocycles. The van der Waals surface area contributed by atoms with Crippen LogP contribution in [0.15, 0.2) is 60.9 Å². The van der Waals surface area contributed by atoms with E-state index in [9.17, 15) is 27.9 Å². The summed E-state index contributed by atoms with van der Waals surface area (Å²) in [6.45, 7) is 1.99. The van der Waals surface area contributed by atoms with Crippen LogP contribution in [0.1, 0.15) is 32.1 Å². The second-order valence-electron chi connectivity index (χ2n) is 8.67. The number of aryl methyl sites for hydroxylation is 1. The number of nitrogens with zero attached hydrogens (tertiary/aromatic N) is 4. The van der Waals surface area contributed by atoms with E-state index < -0.39 is 23.3 Å². The van der Waals surface area contributed by atoms with E-state index in [1.807, 2.05) is 21.0 Å². The van der Waals surface area contributed by atoms with Gasteiger partial charge in [-0.05, 0) is 80.2 Å². The number of aliphatic hydroxyl groups excluding tert-OH is 1. The zero-order valence-electron chi connectivity index (χ0n) is 22.5. The zero-order valence-corrected chi connectivity index (χ0v) is 22.5. The standard InChI is InChI=1S/C26H21F3N6O3.C2H7N/c1-15-2-3-19(33-25(38)23-11-18(13-32-35-23)26(27,28)29)12-21(15)17-9-22(34-24(10-17)31-6-7-36)16-4-5-30-20(8-16)14-37;1-3-2/h2-5,8-14,36H,6-7H2,1H3,(H,31,34)(H,33,38);3H,1-2H3. The first kappa shape index (κ1) is 30.8. The molecule has 0 spiro atoms. The van der Waals surface area contributed by atoms with Gasteiger partial charge in [0.1, 0.15) is 11.5 Å². The van der Waals surface area contributed by atoms with Crippen molar-refractivity contribution < 1.29 is 27.9 Å². The number of hydrogen-bond donors (Lipinski definition) is 4. The topological polar surface area (TPSA) is 142 Å². The number of hydrogen-bond acceptors (Lipinski definition) is 9. The number of aliphatic hydroxyl groups is 1. The van der Waals surface area contributed by atoms with Crippen molar-refractivity contribution in [2.24, 2.45) is 0 Å². The first-order valence-electron chi connectivity index (χ1n) is 12.3. The molecule has 0 saturated carbocycles. The van der Waals surface area contributed by atoms with E-state index in [0.717, 1.165) is 5.56 Å². The van der Waals surface area contributed by atoms with E-state index in [-0.39, 0.29) is 18.8 Å². The first-order valence-corrected chi connectivity index (χ1v) is 12.3. The quantitative estimate of drug-likeness (QED) is 0.230. The summed E-state index contributed by atoms with van der Waals surface area (Å²) in [5.41, 5.74) is 2.42. The smallest absolute Gasteiger partial charge is 0.395 e. The molecule has 0 atom stereocenters. The van der Waals surface area contributed by atoms with Gasteiger partial charge >= 0.3 is 6.18 Å². The second kappa shape index (κ2) is 14.1. The lowest BCUT2D eigenvalue weighted by atomic mass is 9.98. The molecular weight excluding hydrogens is 539 g/mol. The number of rotatable bonds is 8. The minimum absolute atomic E-state index is 0.120. The van der Waals surface area contributed by atoms with Gasteiger partial charge in [-0.2, -0.15) is 18.3 Å².